The van der Waals surface area contributed by atoms with Crippen LogP contribution in [0.4, 0.5) is 0 Å². The van der Waals surface area contributed by atoms with E-state index in [0.29, 0.717) is 0 Å². The average Bonchev–Trinajstić information content (AvgIpc) is 1.83. The molecule has 0 heterocycles. The minimum Gasteiger partial charge on any atom is -0.411 e. The molecule has 0 aromatic rings. The van der Waals surface area contributed by atoms with Crippen molar-refractivity contribution in [2.24, 2.45) is 5.16 Å². The van der Waals surface area contributed by atoms with E-state index in [-0.39, 0.29) is 0 Å². The van der Waals surface area contributed by atoms with Crippen LogP contribution in [0.25, 0.3) is 0 Å². The molecule has 47 valence electrons. The van der Waals surface area contributed by atoms with Crippen molar-refractivity contribution in [1.29, 1.82) is 0 Å². The Labute approximate surface area is 50.2 Å². The topological polar surface area (TPSA) is 32.6 Å². The highest BCUT2D eigenvalue weighted by molar-refractivity contribution is 5.82. The molecule has 0 aromatic heterocycles. The Bertz CT molecular complexity index is 78.6. The number of hydrogen-bond donors (Lipinski definition) is 1. The Morgan fingerprint density at radius 2 is 2.38 bits per heavy atom. The van der Waals surface area contributed by atoms with Gasteiger partial charge in [0.05, 0.1) is 5.71 Å². The van der Waals surface area contributed by atoms with Gasteiger partial charge in [-0.15, -0.1) is 0 Å². The molecule has 0 rings (SSSR count). The highest BCUT2D eigenvalue weighted by atomic mass is 16.4. The first-order chi connectivity index (χ1) is 3.81. The fourth-order valence-corrected chi connectivity index (χ4v) is 0.394. The number of rotatable bonds is 3. The van der Waals surface area contributed by atoms with E-state index in [4.69, 9.17) is 5.21 Å². The minimum absolute atomic E-state index is 0.770. The van der Waals surface area contributed by atoms with Crippen molar-refractivity contribution in [3.05, 3.63) is 6.42 Å². The largest absolute Gasteiger partial charge is 0.411 e. The van der Waals surface area contributed by atoms with Crippen LogP contribution in [0.15, 0.2) is 5.16 Å². The molecule has 0 saturated heterocycles. The van der Waals surface area contributed by atoms with Crippen LogP contribution in [0, 0.1) is 6.42 Å². The Morgan fingerprint density at radius 3 is 2.75 bits per heavy atom. The molecule has 0 aromatic carbocycles. The highest BCUT2D eigenvalue weighted by Crippen LogP contribution is 1.93. The van der Waals surface area contributed by atoms with Gasteiger partial charge in [-0.05, 0) is 19.8 Å². The van der Waals surface area contributed by atoms with Crippen LogP contribution in [0.3, 0.4) is 0 Å². The summed E-state index contributed by atoms with van der Waals surface area (Å²) in [6.07, 6.45) is 3.90. The third-order valence-electron chi connectivity index (χ3n) is 0.899. The van der Waals surface area contributed by atoms with Crippen LogP contribution in [0.2, 0.25) is 0 Å². The zero-order chi connectivity index (χ0) is 6.41. The minimum atomic E-state index is 0.770. The average molecular weight is 114 g/mol. The van der Waals surface area contributed by atoms with Gasteiger partial charge in [0.2, 0.25) is 0 Å². The second kappa shape index (κ2) is 4.62. The van der Waals surface area contributed by atoms with Crippen molar-refractivity contribution in [2.75, 3.05) is 0 Å². The molecule has 0 atom stereocenters. The molecule has 2 heteroatoms. The van der Waals surface area contributed by atoms with Crippen LogP contribution in [0.1, 0.15) is 26.7 Å². The van der Waals surface area contributed by atoms with E-state index in [9.17, 15) is 0 Å². The molecule has 0 aliphatic carbocycles. The Morgan fingerprint density at radius 1 is 1.75 bits per heavy atom. The molecule has 0 aliphatic heterocycles. The lowest BCUT2D eigenvalue weighted by atomic mass is 10.2. The van der Waals surface area contributed by atoms with Gasteiger partial charge < -0.3 is 5.21 Å². The van der Waals surface area contributed by atoms with E-state index < -0.39 is 0 Å². The van der Waals surface area contributed by atoms with Crippen molar-refractivity contribution in [2.45, 2.75) is 26.7 Å². The lowest BCUT2D eigenvalue weighted by molar-refractivity contribution is 0.317. The molecule has 1 radical (unpaired) electrons. The third-order valence-corrected chi connectivity index (χ3v) is 0.899. The maximum Gasteiger partial charge on any atom is 0.0542 e. The summed E-state index contributed by atoms with van der Waals surface area (Å²) in [5, 5.41) is 11.1. The molecule has 0 aliphatic rings. The summed E-state index contributed by atoms with van der Waals surface area (Å²) in [6.45, 7) is 3.86. The van der Waals surface area contributed by atoms with Crippen LogP contribution < -0.4 is 0 Å². The first kappa shape index (κ1) is 7.47. The summed E-state index contributed by atoms with van der Waals surface area (Å²) in [4.78, 5) is 0. The molecule has 0 spiro atoms. The van der Waals surface area contributed by atoms with Gasteiger partial charge in [0, 0.05) is 0 Å². The number of unbranched alkanes of at least 4 members (excludes halogenated alkanes) is 1. The normalized spacial score (nSPS) is 12.0. The number of hydrogen-bond acceptors (Lipinski definition) is 2. The van der Waals surface area contributed by atoms with Gasteiger partial charge in [-0.3, -0.25) is 0 Å². The molecule has 8 heavy (non-hydrogen) atoms. The SMILES string of the molecule is CC[CH]CC(C)=NO. The van der Waals surface area contributed by atoms with Crippen molar-refractivity contribution in [3.8, 4) is 0 Å². The predicted molar refractivity (Wildman–Crippen MR) is 34.1 cm³/mol. The Hall–Kier alpha value is -0.530. The summed E-state index contributed by atoms with van der Waals surface area (Å²) in [5.74, 6) is 0. The molecule has 0 fully saturated rings. The third kappa shape index (κ3) is 3.65. The molecule has 0 saturated carbocycles. The molecule has 0 amide bonds. The summed E-state index contributed by atoms with van der Waals surface area (Å²) in [5.41, 5.74) is 0.770. The fourth-order valence-electron chi connectivity index (χ4n) is 0.394. The monoisotopic (exact) mass is 114 g/mol. The highest BCUT2D eigenvalue weighted by Gasteiger charge is 1.87. The van der Waals surface area contributed by atoms with Crippen molar-refractivity contribution >= 4 is 5.71 Å². The quantitative estimate of drug-likeness (QED) is 0.339. The zero-order valence-electron chi connectivity index (χ0n) is 5.39. The number of nitrogens with zero attached hydrogens (tertiary/aromatic N) is 1. The van der Waals surface area contributed by atoms with Gasteiger partial charge in [-0.25, -0.2) is 0 Å². The number of oxime groups is 1. The van der Waals surface area contributed by atoms with E-state index >= 15 is 0 Å². The molecular formula is C6H12NO. The van der Waals surface area contributed by atoms with E-state index in [0.717, 1.165) is 18.6 Å². The Balaban J connectivity index is 3.12. The van der Waals surface area contributed by atoms with Gasteiger partial charge in [0.1, 0.15) is 0 Å². The second-order valence-corrected chi connectivity index (χ2v) is 1.74. The molecule has 0 bridgehead atoms. The van der Waals surface area contributed by atoms with Gasteiger partial charge >= 0.3 is 0 Å². The summed E-state index contributed by atoms with van der Waals surface area (Å²) in [7, 11) is 0. The molecule has 1 N–H and O–H groups in total. The summed E-state index contributed by atoms with van der Waals surface area (Å²) >= 11 is 0. The van der Waals surface area contributed by atoms with Crippen molar-refractivity contribution in [3.63, 3.8) is 0 Å². The van der Waals surface area contributed by atoms with E-state index in [1.165, 1.54) is 0 Å². The molecular weight excluding hydrogens is 102 g/mol. The van der Waals surface area contributed by atoms with Crippen LogP contribution >= 0.6 is 0 Å². The predicted octanol–water partition coefficient (Wildman–Crippen LogP) is 1.84. The van der Waals surface area contributed by atoms with Crippen molar-refractivity contribution < 1.29 is 5.21 Å². The Kier molecular flexibility index (Phi) is 4.32. The van der Waals surface area contributed by atoms with Gasteiger partial charge in [-0.1, -0.05) is 18.5 Å². The second-order valence-electron chi connectivity index (χ2n) is 1.74. The van der Waals surface area contributed by atoms with E-state index in [1.807, 2.05) is 0 Å². The lowest BCUT2D eigenvalue weighted by Gasteiger charge is -1.91. The zero-order valence-corrected chi connectivity index (χ0v) is 5.39. The molecule has 0 unspecified atom stereocenters. The van der Waals surface area contributed by atoms with Gasteiger partial charge in [0.25, 0.3) is 0 Å². The van der Waals surface area contributed by atoms with Gasteiger partial charge in [-0.2, -0.15) is 0 Å². The van der Waals surface area contributed by atoms with Crippen molar-refractivity contribution in [1.82, 2.24) is 0 Å². The maximum absolute atomic E-state index is 8.13. The van der Waals surface area contributed by atoms with Crippen LogP contribution in [-0.4, -0.2) is 10.9 Å². The van der Waals surface area contributed by atoms with Crippen LogP contribution in [0.5, 0.6) is 0 Å². The lowest BCUT2D eigenvalue weighted by Crippen LogP contribution is -1.89. The standard InChI is InChI=1S/C6H12NO/c1-3-4-5-6(2)7-8/h4,8H,3,5H2,1-2H3. The van der Waals surface area contributed by atoms with E-state index in [2.05, 4.69) is 18.5 Å². The maximum atomic E-state index is 8.13. The smallest absolute Gasteiger partial charge is 0.0542 e. The molecule has 2 nitrogen and oxygen atoms in total. The summed E-state index contributed by atoms with van der Waals surface area (Å²) < 4.78 is 0. The van der Waals surface area contributed by atoms with Crippen LogP contribution in [-0.2, 0) is 0 Å². The first-order valence-corrected chi connectivity index (χ1v) is 2.80. The fraction of sp³-hybridized carbons (Fsp3) is 0.667. The first-order valence-electron chi connectivity index (χ1n) is 2.80. The van der Waals surface area contributed by atoms with Gasteiger partial charge in [0.15, 0.2) is 0 Å². The van der Waals surface area contributed by atoms with E-state index in [1.54, 1.807) is 6.92 Å². The summed E-state index contributed by atoms with van der Waals surface area (Å²) in [6, 6.07) is 0.